The van der Waals surface area contributed by atoms with Crippen molar-refractivity contribution in [3.8, 4) is 28.5 Å². The number of aromatic nitrogens is 8. The average molecular weight is 468 g/mol. The average Bonchev–Trinajstić information content (AvgIpc) is 3.55. The molecule has 6 rings (SSSR count). The highest BCUT2D eigenvalue weighted by atomic mass is 19.1. The van der Waals surface area contributed by atoms with E-state index in [1.165, 1.54) is 6.07 Å². The zero-order chi connectivity index (χ0) is 24.1. The van der Waals surface area contributed by atoms with Gasteiger partial charge in [-0.3, -0.25) is 14.6 Å². The number of pyridine rings is 2. The van der Waals surface area contributed by atoms with Gasteiger partial charge in [0.1, 0.15) is 23.4 Å². The lowest BCUT2D eigenvalue weighted by molar-refractivity contribution is 0.632. The van der Waals surface area contributed by atoms with Crippen molar-refractivity contribution in [3.05, 3.63) is 66.9 Å². The second kappa shape index (κ2) is 8.01. The number of imidazole rings is 2. The number of hydrogen-bond acceptors (Lipinski definition) is 6. The number of rotatable bonds is 5. The van der Waals surface area contributed by atoms with Crippen LogP contribution in [-0.4, -0.2) is 45.7 Å². The Balaban J connectivity index is 1.48. The lowest BCUT2D eigenvalue weighted by atomic mass is 10.0. The number of H-pyrrole nitrogens is 2. The van der Waals surface area contributed by atoms with Crippen LogP contribution in [0.5, 0.6) is 0 Å². The Morgan fingerprint density at radius 1 is 1.09 bits per heavy atom. The topological polar surface area (TPSA) is 113 Å². The first-order chi connectivity index (χ1) is 17.0. The van der Waals surface area contributed by atoms with Crippen LogP contribution in [0.4, 0.5) is 10.1 Å². The zero-order valence-electron chi connectivity index (χ0n) is 19.3. The molecule has 0 saturated carbocycles. The van der Waals surface area contributed by atoms with Crippen LogP contribution >= 0.6 is 0 Å². The van der Waals surface area contributed by atoms with Gasteiger partial charge in [0.2, 0.25) is 0 Å². The fourth-order valence-corrected chi connectivity index (χ4v) is 4.20. The van der Waals surface area contributed by atoms with E-state index < -0.39 is 0 Å². The van der Waals surface area contributed by atoms with E-state index in [9.17, 15) is 0 Å². The molecule has 0 unspecified atom stereocenters. The molecule has 0 saturated heterocycles. The van der Waals surface area contributed by atoms with E-state index in [-0.39, 0.29) is 11.9 Å². The first kappa shape index (κ1) is 21.0. The Hall–Kier alpha value is -4.60. The maximum absolute atomic E-state index is 15.1. The van der Waals surface area contributed by atoms with Crippen LogP contribution in [-0.2, 0) is 0 Å². The maximum atomic E-state index is 15.1. The Morgan fingerprint density at radius 2 is 1.97 bits per heavy atom. The van der Waals surface area contributed by atoms with Crippen molar-refractivity contribution in [3.63, 3.8) is 0 Å². The predicted octanol–water partition coefficient (Wildman–Crippen LogP) is 5.02. The monoisotopic (exact) mass is 467 g/mol. The molecular formula is C25H22FN9. The van der Waals surface area contributed by atoms with Gasteiger partial charge >= 0.3 is 0 Å². The molecule has 0 bridgehead atoms. The summed E-state index contributed by atoms with van der Waals surface area (Å²) in [6.07, 6.45) is 8.70. The molecule has 0 fully saturated rings. The van der Waals surface area contributed by atoms with Crippen LogP contribution in [0.1, 0.15) is 19.5 Å². The van der Waals surface area contributed by atoms with Crippen molar-refractivity contribution in [1.29, 1.82) is 0 Å². The lowest BCUT2D eigenvalue weighted by Crippen LogP contribution is -2.09. The number of benzene rings is 1. The summed E-state index contributed by atoms with van der Waals surface area (Å²) < 4.78 is 16.9. The summed E-state index contributed by atoms with van der Waals surface area (Å²) in [5, 5.41) is 11.4. The molecule has 174 valence electrons. The molecule has 9 nitrogen and oxygen atoms in total. The summed E-state index contributed by atoms with van der Waals surface area (Å²) in [6, 6.07) is 7.22. The number of anilines is 1. The maximum Gasteiger partial charge on any atom is 0.166 e. The van der Waals surface area contributed by atoms with E-state index in [0.717, 1.165) is 22.3 Å². The highest BCUT2D eigenvalue weighted by Gasteiger charge is 2.18. The molecule has 10 heteroatoms. The van der Waals surface area contributed by atoms with Gasteiger partial charge in [0.25, 0.3) is 0 Å². The van der Waals surface area contributed by atoms with Crippen molar-refractivity contribution in [2.24, 2.45) is 0 Å². The highest BCUT2D eigenvalue weighted by Crippen LogP contribution is 2.33. The van der Waals surface area contributed by atoms with E-state index in [0.29, 0.717) is 39.5 Å². The van der Waals surface area contributed by atoms with Gasteiger partial charge in [0, 0.05) is 53.4 Å². The van der Waals surface area contributed by atoms with Gasteiger partial charge in [-0.2, -0.15) is 5.10 Å². The summed E-state index contributed by atoms with van der Waals surface area (Å²) in [6.45, 7) is 6.00. The minimum Gasteiger partial charge on any atom is -0.382 e. The van der Waals surface area contributed by atoms with Crippen LogP contribution < -0.4 is 5.32 Å². The number of nitrogens with zero attached hydrogens (tertiary/aromatic N) is 6. The van der Waals surface area contributed by atoms with Crippen LogP contribution in [0, 0.1) is 12.7 Å². The van der Waals surface area contributed by atoms with Gasteiger partial charge in [-0.15, -0.1) is 0 Å². The van der Waals surface area contributed by atoms with Crippen molar-refractivity contribution in [2.45, 2.75) is 26.8 Å². The molecule has 0 radical (unpaired) electrons. The van der Waals surface area contributed by atoms with Crippen molar-refractivity contribution >= 4 is 27.6 Å². The summed E-state index contributed by atoms with van der Waals surface area (Å²) in [4.78, 5) is 21.2. The van der Waals surface area contributed by atoms with Crippen molar-refractivity contribution < 1.29 is 4.39 Å². The van der Waals surface area contributed by atoms with E-state index in [4.69, 9.17) is 4.98 Å². The van der Waals surface area contributed by atoms with Crippen LogP contribution in [0.15, 0.2) is 55.4 Å². The standard InChI is InChI=1S/C25H22FN9/c1-13(2)30-16-6-15(9-27-10-16)17-7-18-21(8-19(17)26)33-34-22(18)24-31-20-4-5-28-25(23(20)32-24)35-11-14(3)29-12-35/h4-13,30H,1-3H3,(H,31,32)(H,33,34). The Labute approximate surface area is 199 Å². The van der Waals surface area contributed by atoms with Crippen LogP contribution in [0.3, 0.4) is 0 Å². The number of hydrogen-bond donors (Lipinski definition) is 3. The van der Waals surface area contributed by atoms with Crippen molar-refractivity contribution in [2.75, 3.05) is 5.32 Å². The molecule has 5 heterocycles. The fourth-order valence-electron chi connectivity index (χ4n) is 4.20. The number of aromatic amines is 2. The summed E-state index contributed by atoms with van der Waals surface area (Å²) in [7, 11) is 0. The third-order valence-electron chi connectivity index (χ3n) is 5.72. The van der Waals surface area contributed by atoms with Gasteiger partial charge < -0.3 is 10.3 Å². The van der Waals surface area contributed by atoms with Crippen LogP contribution in [0.2, 0.25) is 0 Å². The first-order valence-electron chi connectivity index (χ1n) is 11.2. The molecule has 5 aromatic heterocycles. The number of halogens is 1. The molecule has 6 aromatic rings. The smallest absolute Gasteiger partial charge is 0.166 e. The molecular weight excluding hydrogens is 445 g/mol. The minimum atomic E-state index is -0.359. The highest BCUT2D eigenvalue weighted by molar-refractivity contribution is 5.96. The third kappa shape index (κ3) is 3.68. The van der Waals surface area contributed by atoms with Gasteiger partial charge in [-0.05, 0) is 39.0 Å². The third-order valence-corrected chi connectivity index (χ3v) is 5.72. The lowest BCUT2D eigenvalue weighted by Gasteiger charge is -2.11. The predicted molar refractivity (Wildman–Crippen MR) is 133 cm³/mol. The van der Waals surface area contributed by atoms with Crippen LogP contribution in [0.25, 0.3) is 50.4 Å². The summed E-state index contributed by atoms with van der Waals surface area (Å²) in [5.74, 6) is 0.865. The quantitative estimate of drug-likeness (QED) is 0.328. The Bertz CT molecular complexity index is 1690. The molecule has 0 aliphatic rings. The largest absolute Gasteiger partial charge is 0.382 e. The molecule has 0 amide bonds. The number of aryl methyl sites for hydroxylation is 1. The van der Waals surface area contributed by atoms with E-state index in [1.54, 1.807) is 31.0 Å². The van der Waals surface area contributed by atoms with Gasteiger partial charge in [-0.1, -0.05) is 0 Å². The summed E-state index contributed by atoms with van der Waals surface area (Å²) in [5.41, 5.74) is 5.50. The Morgan fingerprint density at radius 3 is 2.77 bits per heavy atom. The van der Waals surface area contributed by atoms with E-state index in [1.807, 2.05) is 43.7 Å². The molecule has 0 aliphatic heterocycles. The van der Waals surface area contributed by atoms with Gasteiger partial charge in [0.05, 0.1) is 22.4 Å². The van der Waals surface area contributed by atoms with E-state index >= 15 is 4.39 Å². The molecule has 0 atom stereocenters. The molecule has 0 spiro atoms. The number of fused-ring (bicyclic) bond motifs is 2. The summed E-state index contributed by atoms with van der Waals surface area (Å²) >= 11 is 0. The molecule has 35 heavy (non-hydrogen) atoms. The van der Waals surface area contributed by atoms with Gasteiger partial charge in [0.15, 0.2) is 11.6 Å². The second-order valence-electron chi connectivity index (χ2n) is 8.75. The normalized spacial score (nSPS) is 11.7. The Kier molecular flexibility index (Phi) is 4.80. The molecule has 0 aliphatic carbocycles. The van der Waals surface area contributed by atoms with E-state index in [2.05, 4.69) is 35.5 Å². The SMILES string of the molecule is Cc1cn(-c2nccc3[nH]c(-c4n[nH]c5cc(F)c(-c6cncc(NC(C)C)c6)cc45)nc23)cn1. The number of nitrogens with one attached hydrogen (secondary N) is 3. The fraction of sp³-hybridized carbons (Fsp3) is 0.160. The molecule has 3 N–H and O–H groups in total. The minimum absolute atomic E-state index is 0.235. The first-order valence-corrected chi connectivity index (χ1v) is 11.2. The second-order valence-corrected chi connectivity index (χ2v) is 8.75. The zero-order valence-corrected chi connectivity index (χ0v) is 19.3. The van der Waals surface area contributed by atoms with Crippen molar-refractivity contribution in [1.82, 2.24) is 39.7 Å². The van der Waals surface area contributed by atoms with Gasteiger partial charge in [-0.25, -0.2) is 19.3 Å². The molecule has 1 aromatic carbocycles.